The number of ether oxygens (including phenoxy) is 2. The number of sulfonamides is 1. The Labute approximate surface area is 170 Å². The zero-order valence-electron chi connectivity index (χ0n) is 16.3. The van der Waals surface area contributed by atoms with Gasteiger partial charge in [0.15, 0.2) is 0 Å². The van der Waals surface area contributed by atoms with Crippen LogP contribution in [0.25, 0.3) is 0 Å². The first kappa shape index (κ1) is 20.8. The molecule has 0 unspecified atom stereocenters. The molecule has 0 atom stereocenters. The molecule has 2 aromatic rings. The highest BCUT2D eigenvalue weighted by Gasteiger charge is 2.27. The number of methoxy groups -OCH3 is 2. The SMILES string of the molecule is COc1ccc(C=NNC(=O)c2cccc(S(=O)(=O)N3CCCC3)c2)c(OC)c1. The molecule has 1 aliphatic rings. The summed E-state index contributed by atoms with van der Waals surface area (Å²) in [5.41, 5.74) is 3.27. The van der Waals surface area contributed by atoms with Crippen LogP contribution in [0, 0.1) is 0 Å². The van der Waals surface area contributed by atoms with Crippen molar-refractivity contribution in [2.24, 2.45) is 5.10 Å². The highest BCUT2D eigenvalue weighted by Crippen LogP contribution is 2.23. The third-order valence-electron chi connectivity index (χ3n) is 4.61. The molecule has 0 aliphatic carbocycles. The third-order valence-corrected chi connectivity index (χ3v) is 6.50. The topological polar surface area (TPSA) is 97.3 Å². The number of hydrogen-bond acceptors (Lipinski definition) is 6. The first-order valence-corrected chi connectivity index (χ1v) is 10.6. The van der Waals surface area contributed by atoms with E-state index >= 15 is 0 Å². The van der Waals surface area contributed by atoms with Gasteiger partial charge in [0.2, 0.25) is 10.0 Å². The van der Waals surface area contributed by atoms with Gasteiger partial charge in [-0.05, 0) is 43.2 Å². The smallest absolute Gasteiger partial charge is 0.271 e. The van der Waals surface area contributed by atoms with Gasteiger partial charge in [0, 0.05) is 30.3 Å². The van der Waals surface area contributed by atoms with Gasteiger partial charge in [-0.25, -0.2) is 13.8 Å². The van der Waals surface area contributed by atoms with E-state index in [0.29, 0.717) is 30.2 Å². The predicted octanol–water partition coefficient (Wildman–Crippen LogP) is 2.25. The maximum absolute atomic E-state index is 12.7. The number of nitrogens with zero attached hydrogens (tertiary/aromatic N) is 2. The zero-order valence-corrected chi connectivity index (χ0v) is 17.1. The molecule has 1 aliphatic heterocycles. The Hall–Kier alpha value is -2.91. The fourth-order valence-corrected chi connectivity index (χ4v) is 4.59. The monoisotopic (exact) mass is 417 g/mol. The number of benzene rings is 2. The van der Waals surface area contributed by atoms with Crippen molar-refractivity contribution in [1.29, 1.82) is 0 Å². The lowest BCUT2D eigenvalue weighted by Gasteiger charge is -2.15. The first-order valence-electron chi connectivity index (χ1n) is 9.11. The molecular formula is C20H23N3O5S. The van der Waals surface area contributed by atoms with Crippen LogP contribution in [0.3, 0.4) is 0 Å². The van der Waals surface area contributed by atoms with E-state index in [0.717, 1.165) is 12.8 Å². The number of nitrogens with one attached hydrogen (secondary N) is 1. The summed E-state index contributed by atoms with van der Waals surface area (Å²) in [4.78, 5) is 12.5. The van der Waals surface area contributed by atoms with Crippen LogP contribution >= 0.6 is 0 Å². The summed E-state index contributed by atoms with van der Waals surface area (Å²) in [6, 6.07) is 11.2. The average Bonchev–Trinajstić information content (AvgIpc) is 3.29. The van der Waals surface area contributed by atoms with Gasteiger partial charge in [0.25, 0.3) is 5.91 Å². The number of carbonyl (C=O) groups excluding carboxylic acids is 1. The van der Waals surface area contributed by atoms with E-state index in [9.17, 15) is 13.2 Å². The van der Waals surface area contributed by atoms with Crippen molar-refractivity contribution < 1.29 is 22.7 Å². The molecule has 0 spiro atoms. The average molecular weight is 417 g/mol. The molecule has 29 heavy (non-hydrogen) atoms. The maximum Gasteiger partial charge on any atom is 0.271 e. The van der Waals surface area contributed by atoms with Crippen molar-refractivity contribution in [3.8, 4) is 11.5 Å². The number of rotatable bonds is 7. The molecule has 0 radical (unpaired) electrons. The van der Waals surface area contributed by atoms with Crippen molar-refractivity contribution in [2.75, 3.05) is 27.3 Å². The fraction of sp³-hybridized carbons (Fsp3) is 0.300. The van der Waals surface area contributed by atoms with Crippen molar-refractivity contribution in [3.05, 3.63) is 53.6 Å². The number of hydrogen-bond donors (Lipinski definition) is 1. The molecule has 8 nitrogen and oxygen atoms in total. The summed E-state index contributed by atoms with van der Waals surface area (Å²) in [7, 11) is -0.506. The molecule has 3 rings (SSSR count). The van der Waals surface area contributed by atoms with Gasteiger partial charge in [-0.2, -0.15) is 9.41 Å². The van der Waals surface area contributed by atoms with Crippen LogP contribution in [0.2, 0.25) is 0 Å². The Morgan fingerprint density at radius 1 is 1.10 bits per heavy atom. The summed E-state index contributed by atoms with van der Waals surface area (Å²) in [5, 5.41) is 3.95. The van der Waals surface area contributed by atoms with Gasteiger partial charge >= 0.3 is 0 Å². The molecule has 1 fully saturated rings. The van der Waals surface area contributed by atoms with Crippen LogP contribution in [-0.2, 0) is 10.0 Å². The van der Waals surface area contributed by atoms with Gasteiger partial charge in [-0.3, -0.25) is 4.79 Å². The highest BCUT2D eigenvalue weighted by atomic mass is 32.2. The van der Waals surface area contributed by atoms with Gasteiger partial charge in [0.1, 0.15) is 11.5 Å². The molecule has 154 valence electrons. The van der Waals surface area contributed by atoms with Crippen LogP contribution in [-0.4, -0.2) is 52.2 Å². The van der Waals surface area contributed by atoms with E-state index in [1.54, 1.807) is 37.4 Å². The predicted molar refractivity (Wildman–Crippen MR) is 109 cm³/mol. The second-order valence-electron chi connectivity index (χ2n) is 6.45. The highest BCUT2D eigenvalue weighted by molar-refractivity contribution is 7.89. The third kappa shape index (κ3) is 4.75. The first-order chi connectivity index (χ1) is 14.0. The summed E-state index contributed by atoms with van der Waals surface area (Å²) in [6.45, 7) is 1.01. The van der Waals surface area contributed by atoms with E-state index in [2.05, 4.69) is 10.5 Å². The van der Waals surface area contributed by atoms with Crippen molar-refractivity contribution in [1.82, 2.24) is 9.73 Å². The lowest BCUT2D eigenvalue weighted by Crippen LogP contribution is -2.28. The second kappa shape index (κ2) is 9.06. The van der Waals surface area contributed by atoms with E-state index in [1.807, 2.05) is 0 Å². The van der Waals surface area contributed by atoms with Gasteiger partial charge in [0.05, 0.1) is 25.3 Å². The minimum Gasteiger partial charge on any atom is -0.497 e. The maximum atomic E-state index is 12.7. The molecule has 2 aromatic carbocycles. The van der Waals surface area contributed by atoms with Crippen LogP contribution < -0.4 is 14.9 Å². The van der Waals surface area contributed by atoms with E-state index in [-0.39, 0.29) is 10.5 Å². The fourth-order valence-electron chi connectivity index (χ4n) is 3.03. The van der Waals surface area contributed by atoms with Crippen LogP contribution in [0.4, 0.5) is 0 Å². The van der Waals surface area contributed by atoms with Crippen LogP contribution in [0.1, 0.15) is 28.8 Å². The summed E-state index contributed by atoms with van der Waals surface area (Å²) in [5.74, 6) is 0.673. The normalized spacial score (nSPS) is 14.8. The van der Waals surface area contributed by atoms with Crippen LogP contribution in [0.5, 0.6) is 11.5 Å². The Kier molecular flexibility index (Phi) is 6.50. The Morgan fingerprint density at radius 2 is 1.86 bits per heavy atom. The largest absolute Gasteiger partial charge is 0.497 e. The molecular weight excluding hydrogens is 394 g/mol. The Morgan fingerprint density at radius 3 is 2.55 bits per heavy atom. The second-order valence-corrected chi connectivity index (χ2v) is 8.38. The lowest BCUT2D eigenvalue weighted by atomic mass is 10.2. The number of amides is 1. The van der Waals surface area contributed by atoms with Gasteiger partial charge in [-0.15, -0.1) is 0 Å². The van der Waals surface area contributed by atoms with Crippen molar-refractivity contribution >= 4 is 22.1 Å². The Bertz CT molecular complexity index is 1010. The van der Waals surface area contributed by atoms with E-state index < -0.39 is 15.9 Å². The quantitative estimate of drug-likeness (QED) is 0.551. The molecule has 1 N–H and O–H groups in total. The van der Waals surface area contributed by atoms with Crippen molar-refractivity contribution in [3.63, 3.8) is 0 Å². The van der Waals surface area contributed by atoms with Gasteiger partial charge < -0.3 is 9.47 Å². The molecule has 0 saturated carbocycles. The molecule has 1 amide bonds. The lowest BCUT2D eigenvalue weighted by molar-refractivity contribution is 0.0955. The van der Waals surface area contributed by atoms with Gasteiger partial charge in [-0.1, -0.05) is 6.07 Å². The molecule has 1 heterocycles. The van der Waals surface area contributed by atoms with Crippen LogP contribution in [0.15, 0.2) is 52.5 Å². The molecule has 0 bridgehead atoms. The number of carbonyl (C=O) groups is 1. The zero-order chi connectivity index (χ0) is 20.9. The Balaban J connectivity index is 1.72. The van der Waals surface area contributed by atoms with Crippen molar-refractivity contribution in [2.45, 2.75) is 17.7 Å². The molecule has 1 saturated heterocycles. The van der Waals surface area contributed by atoms with E-state index in [1.165, 1.54) is 29.8 Å². The summed E-state index contributed by atoms with van der Waals surface area (Å²) >= 11 is 0. The van der Waals surface area contributed by atoms with E-state index in [4.69, 9.17) is 9.47 Å². The summed E-state index contributed by atoms with van der Waals surface area (Å²) < 4.78 is 37.2. The minimum absolute atomic E-state index is 0.104. The summed E-state index contributed by atoms with van der Waals surface area (Å²) in [6.07, 6.45) is 3.15. The minimum atomic E-state index is -3.59. The molecule has 0 aromatic heterocycles. The number of hydrazone groups is 1. The molecule has 9 heteroatoms. The standard InChI is InChI=1S/C20H23N3O5S/c1-27-17-9-8-16(19(13-17)28-2)14-21-22-20(24)15-6-5-7-18(12-15)29(25,26)23-10-3-4-11-23/h5-9,12-14H,3-4,10-11H2,1-2H3,(H,22,24).